The standard InChI is InChI=1S/C26H24N2O2S/c29-25-24-21-12-5-2-6-13-22(21)31-26(24)28-23(27-25)15-14-18-10-7-11-20(16-18)30-17-19-8-3-1-4-9-19/h1,3-4,7-11,14-16H,2,5-6,12-13,17H2,(H,27,28,29). The van der Waals surface area contributed by atoms with Crippen molar-refractivity contribution in [2.75, 3.05) is 0 Å². The lowest BCUT2D eigenvalue weighted by molar-refractivity contribution is 0.306. The summed E-state index contributed by atoms with van der Waals surface area (Å²) < 4.78 is 5.91. The zero-order chi connectivity index (χ0) is 21.0. The van der Waals surface area contributed by atoms with E-state index in [1.54, 1.807) is 11.3 Å². The summed E-state index contributed by atoms with van der Waals surface area (Å²) >= 11 is 1.69. The second-order valence-corrected chi connectivity index (χ2v) is 8.96. The normalized spacial score (nSPS) is 13.9. The van der Waals surface area contributed by atoms with E-state index in [1.807, 2.05) is 66.7 Å². The molecule has 0 atom stereocenters. The van der Waals surface area contributed by atoms with E-state index in [0.717, 1.165) is 46.4 Å². The lowest BCUT2D eigenvalue weighted by atomic mass is 10.1. The van der Waals surface area contributed by atoms with Crippen LogP contribution in [0.4, 0.5) is 0 Å². The van der Waals surface area contributed by atoms with E-state index in [2.05, 4.69) is 4.98 Å². The highest BCUT2D eigenvalue weighted by Gasteiger charge is 2.18. The van der Waals surface area contributed by atoms with Crippen LogP contribution in [0.5, 0.6) is 5.75 Å². The molecule has 0 amide bonds. The molecule has 4 aromatic rings. The third-order valence-electron chi connectivity index (χ3n) is 5.63. The molecule has 4 nitrogen and oxygen atoms in total. The predicted molar refractivity (Wildman–Crippen MR) is 128 cm³/mol. The lowest BCUT2D eigenvalue weighted by Gasteiger charge is -2.07. The number of ether oxygens (including phenoxy) is 1. The Morgan fingerprint density at radius 2 is 1.87 bits per heavy atom. The molecular formula is C26H24N2O2S. The van der Waals surface area contributed by atoms with Crippen LogP contribution in [-0.2, 0) is 19.4 Å². The molecular weight excluding hydrogens is 404 g/mol. The molecule has 0 saturated carbocycles. The number of aromatic amines is 1. The van der Waals surface area contributed by atoms with Gasteiger partial charge in [-0.25, -0.2) is 4.98 Å². The molecule has 0 unspecified atom stereocenters. The van der Waals surface area contributed by atoms with Crippen LogP contribution in [-0.4, -0.2) is 9.97 Å². The average molecular weight is 429 g/mol. The number of H-pyrrole nitrogens is 1. The second-order valence-electron chi connectivity index (χ2n) is 7.88. The van der Waals surface area contributed by atoms with Gasteiger partial charge in [0.05, 0.1) is 5.39 Å². The van der Waals surface area contributed by atoms with Crippen molar-refractivity contribution < 1.29 is 4.74 Å². The fourth-order valence-corrected chi connectivity index (χ4v) is 5.33. The van der Waals surface area contributed by atoms with Crippen LogP contribution in [0.25, 0.3) is 22.4 Å². The third kappa shape index (κ3) is 4.47. The molecule has 0 aliphatic heterocycles. The first-order valence-electron chi connectivity index (χ1n) is 10.8. The summed E-state index contributed by atoms with van der Waals surface area (Å²) in [6.07, 6.45) is 9.47. The van der Waals surface area contributed by atoms with Crippen molar-refractivity contribution in [2.24, 2.45) is 0 Å². The first-order valence-corrected chi connectivity index (χ1v) is 11.6. The number of benzene rings is 2. The zero-order valence-electron chi connectivity index (χ0n) is 17.3. The van der Waals surface area contributed by atoms with Crippen molar-refractivity contribution in [2.45, 2.75) is 38.7 Å². The molecule has 5 rings (SSSR count). The molecule has 156 valence electrons. The van der Waals surface area contributed by atoms with Gasteiger partial charge in [-0.3, -0.25) is 4.79 Å². The van der Waals surface area contributed by atoms with Crippen molar-refractivity contribution in [3.05, 3.63) is 92.3 Å². The number of hydrogen-bond donors (Lipinski definition) is 1. The fourth-order valence-electron chi connectivity index (χ4n) is 4.06. The summed E-state index contributed by atoms with van der Waals surface area (Å²) in [7, 11) is 0. The molecule has 1 N–H and O–H groups in total. The first kappa shape index (κ1) is 19.8. The molecule has 1 aliphatic rings. The number of nitrogens with one attached hydrogen (secondary N) is 1. The van der Waals surface area contributed by atoms with E-state index in [9.17, 15) is 4.79 Å². The summed E-state index contributed by atoms with van der Waals surface area (Å²) in [6.45, 7) is 0.530. The van der Waals surface area contributed by atoms with Gasteiger partial charge < -0.3 is 9.72 Å². The second kappa shape index (κ2) is 8.90. The van der Waals surface area contributed by atoms with Crippen LogP contribution in [0.1, 0.15) is 46.7 Å². The summed E-state index contributed by atoms with van der Waals surface area (Å²) in [4.78, 5) is 22.7. The Bertz CT molecular complexity index is 1290. The quantitative estimate of drug-likeness (QED) is 0.397. The van der Waals surface area contributed by atoms with Gasteiger partial charge in [0.2, 0.25) is 0 Å². The zero-order valence-corrected chi connectivity index (χ0v) is 18.1. The van der Waals surface area contributed by atoms with Gasteiger partial charge in [-0.2, -0.15) is 0 Å². The maximum absolute atomic E-state index is 12.8. The Morgan fingerprint density at radius 3 is 2.77 bits per heavy atom. The van der Waals surface area contributed by atoms with Crippen LogP contribution < -0.4 is 10.3 Å². The molecule has 0 bridgehead atoms. The van der Waals surface area contributed by atoms with Crippen molar-refractivity contribution in [1.29, 1.82) is 0 Å². The minimum atomic E-state index is -0.0241. The van der Waals surface area contributed by atoms with Crippen LogP contribution in [0.2, 0.25) is 0 Å². The van der Waals surface area contributed by atoms with E-state index in [-0.39, 0.29) is 5.56 Å². The van der Waals surface area contributed by atoms with Crippen molar-refractivity contribution >= 4 is 33.7 Å². The first-order chi connectivity index (χ1) is 15.3. The molecule has 0 saturated heterocycles. The van der Waals surface area contributed by atoms with Gasteiger partial charge in [-0.1, -0.05) is 55.0 Å². The highest BCUT2D eigenvalue weighted by Crippen LogP contribution is 2.32. The number of rotatable bonds is 5. The molecule has 2 aromatic carbocycles. The maximum Gasteiger partial charge on any atom is 0.260 e. The molecule has 5 heteroatoms. The van der Waals surface area contributed by atoms with E-state index in [0.29, 0.717) is 12.4 Å². The van der Waals surface area contributed by atoms with E-state index in [4.69, 9.17) is 9.72 Å². The summed E-state index contributed by atoms with van der Waals surface area (Å²) in [5.41, 5.74) is 3.33. The third-order valence-corrected chi connectivity index (χ3v) is 6.82. The van der Waals surface area contributed by atoms with Crippen LogP contribution >= 0.6 is 11.3 Å². The van der Waals surface area contributed by atoms with Gasteiger partial charge in [0, 0.05) is 4.88 Å². The van der Waals surface area contributed by atoms with Gasteiger partial charge in [0.1, 0.15) is 23.0 Å². The molecule has 2 aromatic heterocycles. The Labute approximate surface area is 185 Å². The maximum atomic E-state index is 12.8. The fraction of sp³-hybridized carbons (Fsp3) is 0.231. The largest absolute Gasteiger partial charge is 0.489 e. The highest BCUT2D eigenvalue weighted by molar-refractivity contribution is 7.18. The molecule has 0 spiro atoms. The van der Waals surface area contributed by atoms with E-state index >= 15 is 0 Å². The van der Waals surface area contributed by atoms with Gasteiger partial charge >= 0.3 is 0 Å². The number of thiophene rings is 1. The van der Waals surface area contributed by atoms with Gasteiger partial charge in [0.25, 0.3) is 5.56 Å². The van der Waals surface area contributed by atoms with Gasteiger partial charge in [-0.05, 0) is 60.6 Å². The smallest absolute Gasteiger partial charge is 0.260 e. The summed E-state index contributed by atoms with van der Waals surface area (Å²) in [6, 6.07) is 18.0. The Hall–Kier alpha value is -3.18. The molecule has 0 fully saturated rings. The molecule has 31 heavy (non-hydrogen) atoms. The summed E-state index contributed by atoms with van der Waals surface area (Å²) in [5, 5.41) is 0.801. The lowest BCUT2D eigenvalue weighted by Crippen LogP contribution is -2.10. The minimum Gasteiger partial charge on any atom is -0.489 e. The monoisotopic (exact) mass is 428 g/mol. The van der Waals surface area contributed by atoms with Crippen LogP contribution in [0.15, 0.2) is 59.4 Å². The molecule has 0 radical (unpaired) electrons. The average Bonchev–Trinajstić information content (AvgIpc) is 2.99. The van der Waals surface area contributed by atoms with Gasteiger partial charge in [-0.15, -0.1) is 11.3 Å². The van der Waals surface area contributed by atoms with Crippen LogP contribution in [0, 0.1) is 0 Å². The molecule has 2 heterocycles. The Morgan fingerprint density at radius 1 is 1.00 bits per heavy atom. The van der Waals surface area contributed by atoms with Crippen molar-refractivity contribution in [3.8, 4) is 5.75 Å². The number of nitrogens with zero attached hydrogens (tertiary/aromatic N) is 1. The van der Waals surface area contributed by atoms with Crippen LogP contribution in [0.3, 0.4) is 0 Å². The van der Waals surface area contributed by atoms with Crippen molar-refractivity contribution in [3.63, 3.8) is 0 Å². The minimum absolute atomic E-state index is 0.0241. The van der Waals surface area contributed by atoms with E-state index < -0.39 is 0 Å². The number of aromatic nitrogens is 2. The Balaban J connectivity index is 1.36. The van der Waals surface area contributed by atoms with E-state index in [1.165, 1.54) is 23.3 Å². The number of fused-ring (bicyclic) bond motifs is 3. The summed E-state index contributed by atoms with van der Waals surface area (Å²) in [5.74, 6) is 1.40. The van der Waals surface area contributed by atoms with Crippen molar-refractivity contribution in [1.82, 2.24) is 9.97 Å². The number of hydrogen-bond acceptors (Lipinski definition) is 4. The van der Waals surface area contributed by atoms with Gasteiger partial charge in [0.15, 0.2) is 0 Å². The topological polar surface area (TPSA) is 55.0 Å². The Kier molecular flexibility index (Phi) is 5.67. The molecule has 1 aliphatic carbocycles. The number of aryl methyl sites for hydroxylation is 2. The SMILES string of the molecule is O=c1[nH]c(C=Cc2cccc(OCc3ccccc3)c2)nc2sc3c(c12)CCCCC3. The predicted octanol–water partition coefficient (Wildman–Crippen LogP) is 6.00. The highest BCUT2D eigenvalue weighted by atomic mass is 32.1.